The molecule has 18 heavy (non-hydrogen) atoms. The van der Waals surface area contributed by atoms with E-state index in [0.29, 0.717) is 6.42 Å². The van der Waals surface area contributed by atoms with Crippen LogP contribution in [0.25, 0.3) is 0 Å². The molecule has 4 nitrogen and oxygen atoms in total. The average Bonchev–Trinajstić information content (AvgIpc) is 2.80. The minimum atomic E-state index is -0.732. The Balaban J connectivity index is 2.61. The number of hydrogen-bond donors (Lipinski definition) is 1. The van der Waals surface area contributed by atoms with Gasteiger partial charge in [-0.25, -0.2) is 13.9 Å². The SMILES string of the molecule is CCCCCC(C(=O)O)[n+]1ccn(CCCC)c1. The van der Waals surface area contributed by atoms with Crippen LogP contribution in [-0.4, -0.2) is 15.6 Å². The molecular formula is C14H25N2O2+. The lowest BCUT2D eigenvalue weighted by Gasteiger charge is -2.08. The molecule has 4 heteroatoms. The highest BCUT2D eigenvalue weighted by atomic mass is 16.4. The van der Waals surface area contributed by atoms with Crippen molar-refractivity contribution in [2.75, 3.05) is 0 Å². The predicted octanol–water partition coefficient (Wildman–Crippen LogP) is 2.78. The second-order valence-electron chi connectivity index (χ2n) is 4.80. The van der Waals surface area contributed by atoms with E-state index in [-0.39, 0.29) is 0 Å². The third-order valence-electron chi connectivity index (χ3n) is 3.21. The van der Waals surface area contributed by atoms with Crippen LogP contribution in [0.4, 0.5) is 0 Å². The van der Waals surface area contributed by atoms with Crippen LogP contribution in [0.3, 0.4) is 0 Å². The summed E-state index contributed by atoms with van der Waals surface area (Å²) in [6.07, 6.45) is 11.9. The van der Waals surface area contributed by atoms with Crippen LogP contribution < -0.4 is 4.57 Å². The fourth-order valence-corrected chi connectivity index (χ4v) is 2.06. The van der Waals surface area contributed by atoms with E-state index in [1.807, 2.05) is 23.3 Å². The van der Waals surface area contributed by atoms with E-state index < -0.39 is 12.0 Å². The van der Waals surface area contributed by atoms with Gasteiger partial charge in [-0.2, -0.15) is 0 Å². The number of carboxylic acids is 1. The fourth-order valence-electron chi connectivity index (χ4n) is 2.06. The molecule has 0 aliphatic carbocycles. The molecule has 0 radical (unpaired) electrons. The Hall–Kier alpha value is -1.32. The largest absolute Gasteiger partial charge is 0.478 e. The number of aliphatic carboxylic acids is 1. The Morgan fingerprint density at radius 3 is 2.61 bits per heavy atom. The van der Waals surface area contributed by atoms with Crippen molar-refractivity contribution >= 4 is 5.97 Å². The lowest BCUT2D eigenvalue weighted by Crippen LogP contribution is -2.42. The van der Waals surface area contributed by atoms with Gasteiger partial charge in [0.25, 0.3) is 0 Å². The van der Waals surface area contributed by atoms with E-state index in [9.17, 15) is 9.90 Å². The number of hydrogen-bond acceptors (Lipinski definition) is 1. The Bertz CT molecular complexity index is 360. The molecule has 0 bridgehead atoms. The van der Waals surface area contributed by atoms with Crippen LogP contribution in [0.15, 0.2) is 18.7 Å². The Labute approximate surface area is 109 Å². The van der Waals surface area contributed by atoms with Crippen molar-refractivity contribution < 1.29 is 14.5 Å². The molecule has 1 aromatic rings. The molecule has 102 valence electrons. The van der Waals surface area contributed by atoms with E-state index >= 15 is 0 Å². The minimum absolute atomic E-state index is 0.417. The lowest BCUT2D eigenvalue weighted by atomic mass is 10.1. The van der Waals surface area contributed by atoms with Gasteiger partial charge in [-0.3, -0.25) is 0 Å². The molecule has 1 rings (SSSR count). The number of carbonyl (C=O) groups is 1. The molecule has 0 saturated carbocycles. The Morgan fingerprint density at radius 2 is 2.00 bits per heavy atom. The van der Waals surface area contributed by atoms with Gasteiger partial charge in [0.05, 0.1) is 6.54 Å². The van der Waals surface area contributed by atoms with Crippen molar-refractivity contribution in [3.63, 3.8) is 0 Å². The number of carboxylic acid groups (broad SMARTS) is 1. The Morgan fingerprint density at radius 1 is 1.28 bits per heavy atom. The van der Waals surface area contributed by atoms with Gasteiger partial charge in [0, 0.05) is 0 Å². The van der Waals surface area contributed by atoms with E-state index in [2.05, 4.69) is 18.4 Å². The number of imidazole rings is 1. The first-order valence-electron chi connectivity index (χ1n) is 6.98. The van der Waals surface area contributed by atoms with Gasteiger partial charge in [0.15, 0.2) is 6.04 Å². The average molecular weight is 253 g/mol. The van der Waals surface area contributed by atoms with Gasteiger partial charge in [-0.05, 0) is 19.3 Å². The van der Waals surface area contributed by atoms with Crippen molar-refractivity contribution in [1.82, 2.24) is 4.57 Å². The molecule has 0 aliphatic rings. The zero-order chi connectivity index (χ0) is 13.4. The van der Waals surface area contributed by atoms with Crippen LogP contribution in [-0.2, 0) is 11.3 Å². The molecule has 0 aliphatic heterocycles. The third kappa shape index (κ3) is 4.51. The van der Waals surface area contributed by atoms with Crippen molar-refractivity contribution in [1.29, 1.82) is 0 Å². The highest BCUT2D eigenvalue weighted by Gasteiger charge is 2.23. The zero-order valence-corrected chi connectivity index (χ0v) is 11.5. The smallest absolute Gasteiger partial charge is 0.349 e. The lowest BCUT2D eigenvalue weighted by molar-refractivity contribution is -0.711. The maximum atomic E-state index is 11.3. The summed E-state index contributed by atoms with van der Waals surface area (Å²) in [6, 6.07) is -0.417. The maximum absolute atomic E-state index is 11.3. The third-order valence-corrected chi connectivity index (χ3v) is 3.21. The molecular weight excluding hydrogens is 228 g/mol. The van der Waals surface area contributed by atoms with Gasteiger partial charge < -0.3 is 5.11 Å². The van der Waals surface area contributed by atoms with Gasteiger partial charge in [0.1, 0.15) is 12.4 Å². The zero-order valence-electron chi connectivity index (χ0n) is 11.5. The molecule has 1 N–H and O–H groups in total. The first-order chi connectivity index (χ1) is 8.69. The van der Waals surface area contributed by atoms with Crippen molar-refractivity contribution in [2.24, 2.45) is 0 Å². The molecule has 0 fully saturated rings. The second kappa shape index (κ2) is 7.90. The van der Waals surface area contributed by atoms with Crippen molar-refractivity contribution in [3.05, 3.63) is 18.7 Å². The number of aryl methyl sites for hydroxylation is 1. The summed E-state index contributed by atoms with van der Waals surface area (Å²) in [5, 5.41) is 9.28. The molecule has 1 aromatic heterocycles. The van der Waals surface area contributed by atoms with Gasteiger partial charge in [-0.15, -0.1) is 0 Å². The van der Waals surface area contributed by atoms with Crippen molar-refractivity contribution in [3.8, 4) is 0 Å². The topological polar surface area (TPSA) is 46.1 Å². The molecule has 0 aromatic carbocycles. The summed E-state index contributed by atoms with van der Waals surface area (Å²) in [5.41, 5.74) is 0. The molecule has 0 amide bonds. The van der Waals surface area contributed by atoms with Crippen LogP contribution >= 0.6 is 0 Å². The van der Waals surface area contributed by atoms with E-state index in [0.717, 1.165) is 38.6 Å². The van der Waals surface area contributed by atoms with E-state index in [1.165, 1.54) is 0 Å². The quantitative estimate of drug-likeness (QED) is 0.543. The minimum Gasteiger partial charge on any atom is -0.478 e. The Kier molecular flexibility index (Phi) is 6.47. The summed E-state index contributed by atoms with van der Waals surface area (Å²) in [5.74, 6) is -0.732. The highest BCUT2D eigenvalue weighted by molar-refractivity contribution is 5.69. The maximum Gasteiger partial charge on any atom is 0.349 e. The first-order valence-corrected chi connectivity index (χ1v) is 6.98. The number of unbranched alkanes of at least 4 members (excludes halogenated alkanes) is 3. The van der Waals surface area contributed by atoms with E-state index in [1.54, 1.807) is 0 Å². The molecule has 0 saturated heterocycles. The monoisotopic (exact) mass is 253 g/mol. The van der Waals surface area contributed by atoms with E-state index in [4.69, 9.17) is 0 Å². The van der Waals surface area contributed by atoms with Gasteiger partial charge >= 0.3 is 5.97 Å². The summed E-state index contributed by atoms with van der Waals surface area (Å²) >= 11 is 0. The molecule has 1 atom stereocenters. The predicted molar refractivity (Wildman–Crippen MR) is 70.3 cm³/mol. The van der Waals surface area contributed by atoms with Crippen LogP contribution in [0.2, 0.25) is 0 Å². The summed E-state index contributed by atoms with van der Waals surface area (Å²) in [6.45, 7) is 5.25. The first kappa shape index (κ1) is 14.7. The second-order valence-corrected chi connectivity index (χ2v) is 4.80. The fraction of sp³-hybridized carbons (Fsp3) is 0.714. The van der Waals surface area contributed by atoms with Crippen LogP contribution in [0.5, 0.6) is 0 Å². The summed E-state index contributed by atoms with van der Waals surface area (Å²) in [7, 11) is 0. The standard InChI is InChI=1S/C14H24N2O2/c1-3-5-7-8-13(14(17)18)16-11-10-15(12-16)9-6-4-2/h10-13H,3-9H2,1-2H3/p+1. The van der Waals surface area contributed by atoms with Gasteiger partial charge in [-0.1, -0.05) is 33.1 Å². The van der Waals surface area contributed by atoms with Crippen molar-refractivity contribution in [2.45, 2.75) is 65.0 Å². The highest BCUT2D eigenvalue weighted by Crippen LogP contribution is 2.10. The summed E-state index contributed by atoms with van der Waals surface area (Å²) < 4.78 is 3.90. The van der Waals surface area contributed by atoms with Crippen LogP contribution in [0, 0.1) is 0 Å². The normalized spacial score (nSPS) is 12.6. The number of rotatable bonds is 9. The summed E-state index contributed by atoms with van der Waals surface area (Å²) in [4.78, 5) is 11.3. The number of nitrogens with zero attached hydrogens (tertiary/aromatic N) is 2. The van der Waals surface area contributed by atoms with Crippen LogP contribution in [0.1, 0.15) is 58.4 Å². The van der Waals surface area contributed by atoms with Gasteiger partial charge in [0.2, 0.25) is 6.33 Å². The number of aromatic nitrogens is 2. The molecule has 1 heterocycles. The molecule has 0 spiro atoms. The molecule has 1 unspecified atom stereocenters.